The van der Waals surface area contributed by atoms with Crippen LogP contribution in [0, 0.1) is 0 Å². The number of ether oxygens (including phenoxy) is 1. The normalized spacial score (nSPS) is 20.0. The largest absolute Gasteiger partial charge is 0.390 e. The van der Waals surface area contributed by atoms with Crippen molar-refractivity contribution in [2.45, 2.75) is 115 Å². The van der Waals surface area contributed by atoms with Gasteiger partial charge in [0.1, 0.15) is 0 Å². The fraction of sp³-hybridized carbons (Fsp3) is 1.00. The number of hydrogen-bond acceptors (Lipinski definition) is 2. The molecule has 0 aromatic carbocycles. The fourth-order valence-corrected chi connectivity index (χ4v) is 3.29. The second kappa shape index (κ2) is 13.6. The van der Waals surface area contributed by atoms with Crippen LogP contribution in [0.4, 0.5) is 0 Å². The molecule has 2 atom stereocenters. The Balaban J connectivity index is 1.74. The molecule has 1 N–H and O–H groups in total. The summed E-state index contributed by atoms with van der Waals surface area (Å²) in [5.74, 6) is 0. The van der Waals surface area contributed by atoms with Crippen molar-refractivity contribution >= 4 is 0 Å². The zero-order valence-electron chi connectivity index (χ0n) is 14.3. The predicted octanol–water partition coefficient (Wildman–Crippen LogP) is 5.62. The number of aliphatic hydroxyl groups is 1. The Labute approximate surface area is 132 Å². The van der Waals surface area contributed by atoms with Crippen molar-refractivity contribution in [1.82, 2.24) is 0 Å². The second-order valence-corrected chi connectivity index (χ2v) is 6.80. The molecule has 126 valence electrons. The van der Waals surface area contributed by atoms with Crippen molar-refractivity contribution in [3.63, 3.8) is 0 Å². The van der Waals surface area contributed by atoms with Gasteiger partial charge in [-0.15, -0.1) is 0 Å². The molecule has 0 saturated carbocycles. The lowest BCUT2D eigenvalue weighted by Crippen LogP contribution is -2.24. The lowest BCUT2D eigenvalue weighted by Gasteiger charge is -2.16. The molecule has 1 aliphatic rings. The van der Waals surface area contributed by atoms with E-state index in [2.05, 4.69) is 6.92 Å². The highest BCUT2D eigenvalue weighted by Gasteiger charge is 2.23. The molecule has 2 heteroatoms. The lowest BCUT2D eigenvalue weighted by molar-refractivity contribution is -0.00636. The summed E-state index contributed by atoms with van der Waals surface area (Å²) in [6.45, 7) is 3.12. The first-order chi connectivity index (χ1) is 10.3. The minimum Gasteiger partial charge on any atom is -0.390 e. The van der Waals surface area contributed by atoms with Crippen LogP contribution in [0.1, 0.15) is 103 Å². The van der Waals surface area contributed by atoms with E-state index in [1.165, 1.54) is 70.6 Å². The molecule has 1 aliphatic heterocycles. The third-order valence-corrected chi connectivity index (χ3v) is 4.75. The Morgan fingerprint density at radius 3 is 1.86 bits per heavy atom. The van der Waals surface area contributed by atoms with Crippen LogP contribution in [0.15, 0.2) is 0 Å². The summed E-state index contributed by atoms with van der Waals surface area (Å²) < 4.78 is 5.52. The SMILES string of the molecule is CCCCCCCCCCCCCCC(O)C1CCCO1. The van der Waals surface area contributed by atoms with E-state index in [9.17, 15) is 5.11 Å². The topological polar surface area (TPSA) is 29.5 Å². The molecule has 0 amide bonds. The summed E-state index contributed by atoms with van der Waals surface area (Å²) in [6, 6.07) is 0. The Kier molecular flexibility index (Phi) is 12.3. The van der Waals surface area contributed by atoms with Gasteiger partial charge >= 0.3 is 0 Å². The van der Waals surface area contributed by atoms with Crippen LogP contribution in [0.5, 0.6) is 0 Å². The zero-order valence-corrected chi connectivity index (χ0v) is 14.3. The smallest absolute Gasteiger partial charge is 0.0834 e. The van der Waals surface area contributed by atoms with Gasteiger partial charge in [0.15, 0.2) is 0 Å². The van der Waals surface area contributed by atoms with Crippen molar-refractivity contribution < 1.29 is 9.84 Å². The first-order valence-corrected chi connectivity index (χ1v) is 9.64. The predicted molar refractivity (Wildman–Crippen MR) is 90.7 cm³/mol. The Hall–Kier alpha value is -0.0800. The van der Waals surface area contributed by atoms with Crippen LogP contribution in [0.2, 0.25) is 0 Å². The number of rotatable bonds is 14. The highest BCUT2D eigenvalue weighted by atomic mass is 16.5. The third kappa shape index (κ3) is 10.3. The molecule has 2 unspecified atom stereocenters. The molecule has 0 radical (unpaired) electrons. The minimum atomic E-state index is -0.212. The first kappa shape index (κ1) is 19.0. The van der Waals surface area contributed by atoms with Crippen molar-refractivity contribution in [3.8, 4) is 0 Å². The molecule has 0 spiro atoms. The first-order valence-electron chi connectivity index (χ1n) is 9.64. The van der Waals surface area contributed by atoms with Crippen LogP contribution in [-0.2, 0) is 4.74 Å². The zero-order chi connectivity index (χ0) is 15.2. The van der Waals surface area contributed by atoms with Crippen LogP contribution >= 0.6 is 0 Å². The molecular weight excluding hydrogens is 260 g/mol. The molecule has 0 aromatic heterocycles. The summed E-state index contributed by atoms with van der Waals surface area (Å²) in [5.41, 5.74) is 0. The number of hydrogen-bond donors (Lipinski definition) is 1. The van der Waals surface area contributed by atoms with Crippen LogP contribution in [0.3, 0.4) is 0 Å². The van der Waals surface area contributed by atoms with E-state index in [1.807, 2.05) is 0 Å². The summed E-state index contributed by atoms with van der Waals surface area (Å²) in [6.07, 6.45) is 19.5. The van der Waals surface area contributed by atoms with Gasteiger partial charge in [0, 0.05) is 6.61 Å². The molecule has 0 aromatic rings. The van der Waals surface area contributed by atoms with E-state index >= 15 is 0 Å². The fourth-order valence-electron chi connectivity index (χ4n) is 3.29. The molecule has 1 saturated heterocycles. The van der Waals surface area contributed by atoms with Gasteiger partial charge in [0.25, 0.3) is 0 Å². The van der Waals surface area contributed by atoms with E-state index in [-0.39, 0.29) is 12.2 Å². The number of aliphatic hydroxyl groups excluding tert-OH is 1. The quantitative estimate of drug-likeness (QED) is 0.422. The Morgan fingerprint density at radius 1 is 0.857 bits per heavy atom. The van der Waals surface area contributed by atoms with Crippen molar-refractivity contribution in [2.75, 3.05) is 6.61 Å². The third-order valence-electron chi connectivity index (χ3n) is 4.75. The monoisotopic (exact) mass is 298 g/mol. The minimum absolute atomic E-state index is 0.137. The van der Waals surface area contributed by atoms with Gasteiger partial charge in [-0.3, -0.25) is 0 Å². The van der Waals surface area contributed by atoms with E-state index in [1.54, 1.807) is 0 Å². The summed E-state index contributed by atoms with van der Waals surface area (Å²) in [5, 5.41) is 9.99. The van der Waals surface area contributed by atoms with Crippen LogP contribution in [-0.4, -0.2) is 23.9 Å². The Morgan fingerprint density at radius 2 is 1.38 bits per heavy atom. The van der Waals surface area contributed by atoms with Gasteiger partial charge in [-0.05, 0) is 19.3 Å². The van der Waals surface area contributed by atoms with E-state index in [0.717, 1.165) is 32.3 Å². The van der Waals surface area contributed by atoms with Gasteiger partial charge in [-0.2, -0.15) is 0 Å². The van der Waals surface area contributed by atoms with Crippen molar-refractivity contribution in [2.24, 2.45) is 0 Å². The molecule has 21 heavy (non-hydrogen) atoms. The number of unbranched alkanes of at least 4 members (excludes halogenated alkanes) is 11. The maximum Gasteiger partial charge on any atom is 0.0834 e. The molecule has 1 fully saturated rings. The Bertz CT molecular complexity index is 212. The second-order valence-electron chi connectivity index (χ2n) is 6.80. The van der Waals surface area contributed by atoms with Gasteiger partial charge in [-0.1, -0.05) is 84.0 Å². The van der Waals surface area contributed by atoms with E-state index in [0.29, 0.717) is 0 Å². The summed E-state index contributed by atoms with van der Waals surface area (Å²) in [4.78, 5) is 0. The average Bonchev–Trinajstić information content (AvgIpc) is 3.02. The average molecular weight is 299 g/mol. The van der Waals surface area contributed by atoms with Crippen LogP contribution < -0.4 is 0 Å². The summed E-state index contributed by atoms with van der Waals surface area (Å²) >= 11 is 0. The standard InChI is InChI=1S/C19H38O2/c1-2-3-4-5-6-7-8-9-10-11-12-13-15-18(20)19-16-14-17-21-19/h18-20H,2-17H2,1H3. The maximum atomic E-state index is 9.99. The van der Waals surface area contributed by atoms with Gasteiger partial charge < -0.3 is 9.84 Å². The van der Waals surface area contributed by atoms with Gasteiger partial charge in [-0.25, -0.2) is 0 Å². The highest BCUT2D eigenvalue weighted by molar-refractivity contribution is 4.73. The molecule has 0 aliphatic carbocycles. The van der Waals surface area contributed by atoms with Crippen molar-refractivity contribution in [3.05, 3.63) is 0 Å². The van der Waals surface area contributed by atoms with E-state index in [4.69, 9.17) is 4.74 Å². The van der Waals surface area contributed by atoms with Gasteiger partial charge in [0.05, 0.1) is 12.2 Å². The lowest BCUT2D eigenvalue weighted by atomic mass is 10.0. The van der Waals surface area contributed by atoms with Crippen molar-refractivity contribution in [1.29, 1.82) is 0 Å². The van der Waals surface area contributed by atoms with E-state index < -0.39 is 0 Å². The van der Waals surface area contributed by atoms with Gasteiger partial charge in [0.2, 0.25) is 0 Å². The molecule has 1 rings (SSSR count). The molecular formula is C19H38O2. The summed E-state index contributed by atoms with van der Waals surface area (Å²) in [7, 11) is 0. The molecule has 0 bridgehead atoms. The maximum absolute atomic E-state index is 9.99. The van der Waals surface area contributed by atoms with Crippen LogP contribution in [0.25, 0.3) is 0 Å². The molecule has 1 heterocycles. The highest BCUT2D eigenvalue weighted by Crippen LogP contribution is 2.20. The molecule has 2 nitrogen and oxygen atoms in total.